The van der Waals surface area contributed by atoms with Gasteiger partial charge in [-0.15, -0.1) is 11.3 Å². The van der Waals surface area contributed by atoms with Crippen molar-refractivity contribution in [3.63, 3.8) is 0 Å². The second kappa shape index (κ2) is 5.65. The maximum Gasteiger partial charge on any atom is 0.365 e. The summed E-state index contributed by atoms with van der Waals surface area (Å²) in [6, 6.07) is 17.4. The van der Waals surface area contributed by atoms with Crippen LogP contribution < -0.4 is 11.2 Å². The molecule has 0 radical (unpaired) electrons. The van der Waals surface area contributed by atoms with Gasteiger partial charge in [-0.25, -0.2) is 4.79 Å². The Hall–Kier alpha value is -2.86. The molecule has 0 bridgehead atoms. The van der Waals surface area contributed by atoms with Crippen molar-refractivity contribution >= 4 is 31.6 Å². The van der Waals surface area contributed by atoms with Gasteiger partial charge in [0.25, 0.3) is 0 Å². The smallest absolute Gasteiger partial charge is 0.365 e. The minimum atomic E-state index is -0.702. The van der Waals surface area contributed by atoms with E-state index in [-0.39, 0.29) is 4.73 Å². The first-order chi connectivity index (χ1) is 11.7. The molecule has 2 heterocycles. The summed E-state index contributed by atoms with van der Waals surface area (Å²) in [5.74, 6) is 0. The molecule has 5 nitrogen and oxygen atoms in total. The van der Waals surface area contributed by atoms with E-state index in [0.717, 1.165) is 15.6 Å². The molecule has 0 saturated heterocycles. The number of aryl methyl sites for hydroxylation is 2. The van der Waals surface area contributed by atoms with Crippen LogP contribution in [0.15, 0.2) is 64.2 Å². The third-order valence-electron chi connectivity index (χ3n) is 4.10. The van der Waals surface area contributed by atoms with E-state index in [2.05, 4.69) is 0 Å². The van der Waals surface area contributed by atoms with Crippen LogP contribution in [0, 0.1) is 0 Å². The minimum absolute atomic E-state index is 0.211. The minimum Gasteiger partial charge on any atom is -0.421 e. The number of aromatic nitrogens is 2. The van der Waals surface area contributed by atoms with Crippen LogP contribution in [0.25, 0.3) is 20.3 Å². The van der Waals surface area contributed by atoms with Gasteiger partial charge in [-0.1, -0.05) is 53.3 Å². The fourth-order valence-corrected chi connectivity index (χ4v) is 4.06. The Balaban J connectivity index is 1.96. The number of benzene rings is 2. The highest BCUT2D eigenvalue weighted by Gasteiger charge is 2.17. The first-order valence-electron chi connectivity index (χ1n) is 7.57. The highest BCUT2D eigenvalue weighted by Crippen LogP contribution is 2.30. The van der Waals surface area contributed by atoms with E-state index in [1.807, 2.05) is 54.6 Å². The van der Waals surface area contributed by atoms with Gasteiger partial charge in [0.15, 0.2) is 0 Å². The summed E-state index contributed by atoms with van der Waals surface area (Å²) < 4.78 is 3.01. The van der Waals surface area contributed by atoms with Crippen LogP contribution in [0.5, 0.6) is 0 Å². The lowest BCUT2D eigenvalue weighted by Gasteiger charge is -2.09. The molecule has 0 unspecified atom stereocenters. The van der Waals surface area contributed by atoms with E-state index < -0.39 is 11.2 Å². The second-order valence-electron chi connectivity index (χ2n) is 5.56. The van der Waals surface area contributed by atoms with Crippen LogP contribution in [0.3, 0.4) is 0 Å². The summed E-state index contributed by atoms with van der Waals surface area (Å²) in [5.41, 5.74) is 0.332. The van der Waals surface area contributed by atoms with Gasteiger partial charge in [0.1, 0.15) is 4.70 Å². The van der Waals surface area contributed by atoms with Crippen LogP contribution in [0.1, 0.15) is 5.56 Å². The fourth-order valence-electron chi connectivity index (χ4n) is 2.93. The first-order valence-corrected chi connectivity index (χ1v) is 8.39. The van der Waals surface area contributed by atoms with E-state index >= 15 is 0 Å². The summed E-state index contributed by atoms with van der Waals surface area (Å²) in [7, 11) is 0. The Bertz CT molecular complexity index is 1160. The van der Waals surface area contributed by atoms with Gasteiger partial charge in [0.2, 0.25) is 0 Å². The van der Waals surface area contributed by atoms with Crippen molar-refractivity contribution in [1.29, 1.82) is 0 Å². The molecule has 24 heavy (non-hydrogen) atoms. The maximum atomic E-state index is 12.4. The molecular formula is C18H14N2O3S. The van der Waals surface area contributed by atoms with Crippen LogP contribution in [0.2, 0.25) is 0 Å². The van der Waals surface area contributed by atoms with Gasteiger partial charge in [0, 0.05) is 16.6 Å². The monoisotopic (exact) mass is 338 g/mol. The maximum absolute atomic E-state index is 12.4. The quantitative estimate of drug-likeness (QED) is 0.584. The van der Waals surface area contributed by atoms with Crippen molar-refractivity contribution in [1.82, 2.24) is 9.30 Å². The molecule has 6 heteroatoms. The van der Waals surface area contributed by atoms with Crippen molar-refractivity contribution in [2.24, 2.45) is 0 Å². The highest BCUT2D eigenvalue weighted by atomic mass is 32.1. The molecule has 0 aliphatic heterocycles. The zero-order chi connectivity index (χ0) is 16.7. The zero-order valence-electron chi connectivity index (χ0n) is 12.7. The van der Waals surface area contributed by atoms with Crippen LogP contribution >= 0.6 is 11.3 Å². The van der Waals surface area contributed by atoms with Crippen LogP contribution in [-0.2, 0) is 13.0 Å². The largest absolute Gasteiger partial charge is 0.421 e. The van der Waals surface area contributed by atoms with Crippen LogP contribution in [-0.4, -0.2) is 14.5 Å². The standard InChI is InChI=1S/C18H14N2O3S/c21-17-16-15(13-8-4-5-9-14(13)24-16)19(18(22)20(17)23)11-10-12-6-2-1-3-7-12/h1-9,23H,10-11H2. The molecule has 2 aromatic carbocycles. The molecule has 0 spiro atoms. The average molecular weight is 338 g/mol. The predicted octanol–water partition coefficient (Wildman–Crippen LogP) is 2.86. The average Bonchev–Trinajstić information content (AvgIpc) is 3.00. The molecule has 0 fully saturated rings. The van der Waals surface area contributed by atoms with Crippen molar-refractivity contribution in [3.05, 3.63) is 81.0 Å². The number of nitrogens with zero attached hydrogens (tertiary/aromatic N) is 2. The molecule has 1 N–H and O–H groups in total. The number of thiophene rings is 1. The molecule has 0 saturated carbocycles. The topological polar surface area (TPSA) is 64.2 Å². The SMILES string of the molecule is O=c1c2sc3ccccc3c2n(CCc2ccccc2)c(=O)n1O. The summed E-state index contributed by atoms with van der Waals surface area (Å²) in [5, 5.41) is 10.7. The van der Waals surface area contributed by atoms with Gasteiger partial charge < -0.3 is 5.21 Å². The van der Waals surface area contributed by atoms with E-state index in [1.165, 1.54) is 15.9 Å². The predicted molar refractivity (Wildman–Crippen MR) is 95.2 cm³/mol. The Morgan fingerprint density at radius 2 is 1.67 bits per heavy atom. The van der Waals surface area contributed by atoms with E-state index in [4.69, 9.17) is 0 Å². The highest BCUT2D eigenvalue weighted by molar-refractivity contribution is 7.25. The Labute approximate surface area is 140 Å². The summed E-state index contributed by atoms with van der Waals surface area (Å²) in [4.78, 5) is 24.7. The van der Waals surface area contributed by atoms with Crippen molar-refractivity contribution in [2.45, 2.75) is 13.0 Å². The molecule has 0 amide bonds. The van der Waals surface area contributed by atoms with Gasteiger partial charge >= 0.3 is 11.2 Å². The van der Waals surface area contributed by atoms with E-state index in [1.54, 1.807) is 0 Å². The molecule has 0 aliphatic carbocycles. The molecule has 120 valence electrons. The number of rotatable bonds is 3. The fraction of sp³-hybridized carbons (Fsp3) is 0.111. The second-order valence-corrected chi connectivity index (χ2v) is 6.61. The van der Waals surface area contributed by atoms with Gasteiger partial charge in [-0.05, 0) is 18.1 Å². The lowest BCUT2D eigenvalue weighted by atomic mass is 10.1. The van der Waals surface area contributed by atoms with Gasteiger partial charge in [-0.3, -0.25) is 9.36 Å². The van der Waals surface area contributed by atoms with Crippen molar-refractivity contribution < 1.29 is 5.21 Å². The zero-order valence-corrected chi connectivity index (χ0v) is 13.5. The Morgan fingerprint density at radius 1 is 0.958 bits per heavy atom. The third-order valence-corrected chi connectivity index (χ3v) is 5.25. The molecule has 0 aliphatic rings. The van der Waals surface area contributed by atoms with Crippen LogP contribution in [0.4, 0.5) is 0 Å². The Morgan fingerprint density at radius 3 is 2.46 bits per heavy atom. The molecule has 4 aromatic rings. The first kappa shape index (κ1) is 14.7. The van der Waals surface area contributed by atoms with Crippen molar-refractivity contribution in [3.8, 4) is 0 Å². The summed E-state index contributed by atoms with van der Waals surface area (Å²) in [6.45, 7) is 0.390. The summed E-state index contributed by atoms with van der Waals surface area (Å²) >= 11 is 1.29. The molecule has 2 aromatic heterocycles. The molecular weight excluding hydrogens is 324 g/mol. The normalized spacial score (nSPS) is 11.3. The third kappa shape index (κ3) is 2.23. The summed E-state index contributed by atoms with van der Waals surface area (Å²) in [6.07, 6.45) is 0.637. The lowest BCUT2D eigenvalue weighted by molar-refractivity contribution is 0.157. The van der Waals surface area contributed by atoms with E-state index in [0.29, 0.717) is 23.2 Å². The number of fused-ring (bicyclic) bond motifs is 3. The van der Waals surface area contributed by atoms with Gasteiger partial charge in [0.05, 0.1) is 5.52 Å². The lowest BCUT2D eigenvalue weighted by Crippen LogP contribution is -2.38. The molecule has 0 atom stereocenters. The van der Waals surface area contributed by atoms with Crippen molar-refractivity contribution in [2.75, 3.05) is 0 Å². The number of hydrogen-bond donors (Lipinski definition) is 1. The number of hydrogen-bond acceptors (Lipinski definition) is 4. The van der Waals surface area contributed by atoms with E-state index in [9.17, 15) is 14.8 Å². The van der Waals surface area contributed by atoms with Gasteiger partial charge in [-0.2, -0.15) is 0 Å². The Kier molecular flexibility index (Phi) is 3.46. The molecule has 4 rings (SSSR count).